The summed E-state index contributed by atoms with van der Waals surface area (Å²) >= 11 is 0. The van der Waals surface area contributed by atoms with Crippen molar-refractivity contribution in [2.24, 2.45) is 0 Å². The standard InChI is InChI=1S/C17H14N2O3/c18-10-12-3-1-2-4-13(12)11-5-6-14-15(19-17(20)21)7-8-22-16(14)9-11/h1-6,9,15,19H,7-8H2,(H,20,21). The van der Waals surface area contributed by atoms with Gasteiger partial charge in [-0.2, -0.15) is 5.26 Å². The van der Waals surface area contributed by atoms with Gasteiger partial charge in [-0.25, -0.2) is 4.79 Å². The predicted octanol–water partition coefficient (Wildman–Crippen LogP) is 3.32. The number of nitriles is 1. The smallest absolute Gasteiger partial charge is 0.405 e. The van der Waals surface area contributed by atoms with Crippen LogP contribution in [0, 0.1) is 11.3 Å². The van der Waals surface area contributed by atoms with Gasteiger partial charge < -0.3 is 15.2 Å². The number of nitrogens with one attached hydrogen (secondary N) is 1. The molecule has 0 fully saturated rings. The van der Waals surface area contributed by atoms with Crippen molar-refractivity contribution in [1.29, 1.82) is 5.26 Å². The second kappa shape index (κ2) is 5.78. The Bertz CT molecular complexity index is 765. The molecule has 0 saturated carbocycles. The summed E-state index contributed by atoms with van der Waals surface area (Å²) < 4.78 is 5.66. The van der Waals surface area contributed by atoms with Crippen molar-refractivity contribution in [2.75, 3.05) is 6.61 Å². The summed E-state index contributed by atoms with van der Waals surface area (Å²) in [5, 5.41) is 20.6. The highest BCUT2D eigenvalue weighted by atomic mass is 16.5. The van der Waals surface area contributed by atoms with Gasteiger partial charge in [0.2, 0.25) is 0 Å². The second-order valence-corrected chi connectivity index (χ2v) is 5.05. The third-order valence-corrected chi connectivity index (χ3v) is 3.71. The van der Waals surface area contributed by atoms with Gasteiger partial charge in [-0.1, -0.05) is 30.3 Å². The summed E-state index contributed by atoms with van der Waals surface area (Å²) in [7, 11) is 0. The molecule has 2 aromatic rings. The van der Waals surface area contributed by atoms with E-state index in [0.717, 1.165) is 16.7 Å². The van der Waals surface area contributed by atoms with Gasteiger partial charge >= 0.3 is 6.09 Å². The molecule has 0 aromatic heterocycles. The van der Waals surface area contributed by atoms with E-state index in [2.05, 4.69) is 11.4 Å². The predicted molar refractivity (Wildman–Crippen MR) is 80.6 cm³/mol. The molecule has 0 bridgehead atoms. The minimum atomic E-state index is -1.04. The highest BCUT2D eigenvalue weighted by Gasteiger charge is 2.23. The molecule has 2 N–H and O–H groups in total. The van der Waals surface area contributed by atoms with Crippen LogP contribution in [0.15, 0.2) is 42.5 Å². The van der Waals surface area contributed by atoms with Crippen LogP contribution in [0.25, 0.3) is 11.1 Å². The van der Waals surface area contributed by atoms with E-state index < -0.39 is 6.09 Å². The van der Waals surface area contributed by atoms with Crippen LogP contribution < -0.4 is 10.1 Å². The molecule has 1 atom stereocenters. The summed E-state index contributed by atoms with van der Waals surface area (Å²) in [4.78, 5) is 10.9. The van der Waals surface area contributed by atoms with E-state index in [1.807, 2.05) is 36.4 Å². The molecule has 1 aliphatic rings. The van der Waals surface area contributed by atoms with Crippen molar-refractivity contribution in [3.8, 4) is 22.9 Å². The fourth-order valence-corrected chi connectivity index (χ4v) is 2.69. The van der Waals surface area contributed by atoms with Crippen LogP contribution in [-0.2, 0) is 0 Å². The van der Waals surface area contributed by atoms with Crippen molar-refractivity contribution in [2.45, 2.75) is 12.5 Å². The molecule has 0 radical (unpaired) electrons. The molecule has 2 aromatic carbocycles. The van der Waals surface area contributed by atoms with Gasteiger partial charge in [0.05, 0.1) is 24.3 Å². The van der Waals surface area contributed by atoms with Crippen LogP contribution in [0.3, 0.4) is 0 Å². The van der Waals surface area contributed by atoms with Crippen molar-refractivity contribution >= 4 is 6.09 Å². The van der Waals surface area contributed by atoms with Crippen molar-refractivity contribution < 1.29 is 14.6 Å². The van der Waals surface area contributed by atoms with E-state index in [1.165, 1.54) is 0 Å². The molecule has 1 heterocycles. The van der Waals surface area contributed by atoms with Crippen molar-refractivity contribution in [1.82, 2.24) is 5.32 Å². The molecule has 1 unspecified atom stereocenters. The van der Waals surface area contributed by atoms with Gasteiger partial charge in [0.1, 0.15) is 5.75 Å². The lowest BCUT2D eigenvalue weighted by Gasteiger charge is -2.26. The number of nitrogens with zero attached hydrogens (tertiary/aromatic N) is 1. The lowest BCUT2D eigenvalue weighted by molar-refractivity contribution is 0.182. The SMILES string of the molecule is N#Cc1ccccc1-c1ccc2c(c1)OCCC2NC(=O)O. The number of carbonyl (C=O) groups is 1. The average Bonchev–Trinajstić information content (AvgIpc) is 2.54. The molecule has 22 heavy (non-hydrogen) atoms. The third kappa shape index (κ3) is 2.59. The minimum absolute atomic E-state index is 0.262. The first-order chi connectivity index (χ1) is 10.7. The number of hydrogen-bond acceptors (Lipinski definition) is 3. The largest absolute Gasteiger partial charge is 0.493 e. The lowest BCUT2D eigenvalue weighted by Crippen LogP contribution is -2.30. The van der Waals surface area contributed by atoms with E-state index in [0.29, 0.717) is 24.3 Å². The molecule has 0 saturated heterocycles. The Hall–Kier alpha value is -3.00. The molecule has 1 aliphatic heterocycles. The van der Waals surface area contributed by atoms with Gasteiger partial charge in [-0.3, -0.25) is 0 Å². The highest BCUT2D eigenvalue weighted by molar-refractivity contribution is 5.73. The molecule has 0 spiro atoms. The van der Waals surface area contributed by atoms with Crippen LogP contribution >= 0.6 is 0 Å². The Kier molecular flexibility index (Phi) is 3.67. The fourth-order valence-electron chi connectivity index (χ4n) is 2.69. The normalized spacial score (nSPS) is 16.0. The number of benzene rings is 2. The van der Waals surface area contributed by atoms with Crippen LogP contribution in [0.5, 0.6) is 5.75 Å². The van der Waals surface area contributed by atoms with Crippen LogP contribution in [-0.4, -0.2) is 17.8 Å². The quantitative estimate of drug-likeness (QED) is 0.890. The van der Waals surface area contributed by atoms with Gasteiger partial charge in [-0.05, 0) is 23.3 Å². The number of hydrogen-bond donors (Lipinski definition) is 2. The summed E-state index contributed by atoms with van der Waals surface area (Å²) in [6, 6.07) is 14.9. The molecule has 110 valence electrons. The zero-order valence-corrected chi connectivity index (χ0v) is 11.7. The maximum Gasteiger partial charge on any atom is 0.405 e. The second-order valence-electron chi connectivity index (χ2n) is 5.05. The number of ether oxygens (including phenoxy) is 1. The van der Waals surface area contributed by atoms with Crippen molar-refractivity contribution in [3.63, 3.8) is 0 Å². The maximum atomic E-state index is 10.9. The van der Waals surface area contributed by atoms with Gasteiger partial charge in [0.15, 0.2) is 0 Å². The molecular formula is C17H14N2O3. The van der Waals surface area contributed by atoms with Crippen LogP contribution in [0.2, 0.25) is 0 Å². The Balaban J connectivity index is 2.01. The summed E-state index contributed by atoms with van der Waals surface area (Å²) in [6.07, 6.45) is -0.440. The van der Waals surface area contributed by atoms with E-state index >= 15 is 0 Å². The molecule has 3 rings (SSSR count). The molecule has 5 heteroatoms. The first-order valence-electron chi connectivity index (χ1n) is 6.95. The number of amides is 1. The number of rotatable bonds is 2. The topological polar surface area (TPSA) is 82.3 Å². The molecule has 5 nitrogen and oxygen atoms in total. The van der Waals surface area contributed by atoms with E-state index in [9.17, 15) is 10.1 Å². The van der Waals surface area contributed by atoms with Gasteiger partial charge in [-0.15, -0.1) is 0 Å². The maximum absolute atomic E-state index is 10.9. The summed E-state index contributed by atoms with van der Waals surface area (Å²) in [6.45, 7) is 0.460. The highest BCUT2D eigenvalue weighted by Crippen LogP contribution is 2.36. The number of carboxylic acid groups (broad SMARTS) is 1. The fraction of sp³-hybridized carbons (Fsp3) is 0.176. The van der Waals surface area contributed by atoms with Crippen LogP contribution in [0.4, 0.5) is 4.79 Å². The molecule has 0 aliphatic carbocycles. The Morgan fingerprint density at radius 2 is 2.14 bits per heavy atom. The summed E-state index contributed by atoms with van der Waals surface area (Å²) in [5.41, 5.74) is 3.14. The van der Waals surface area contributed by atoms with Crippen LogP contribution in [0.1, 0.15) is 23.6 Å². The van der Waals surface area contributed by atoms with Gasteiger partial charge in [0, 0.05) is 12.0 Å². The zero-order valence-electron chi connectivity index (χ0n) is 11.7. The number of fused-ring (bicyclic) bond motifs is 1. The van der Waals surface area contributed by atoms with Gasteiger partial charge in [0.25, 0.3) is 0 Å². The van der Waals surface area contributed by atoms with Crippen molar-refractivity contribution in [3.05, 3.63) is 53.6 Å². The lowest BCUT2D eigenvalue weighted by atomic mass is 9.95. The Morgan fingerprint density at radius 3 is 2.91 bits per heavy atom. The minimum Gasteiger partial charge on any atom is -0.493 e. The monoisotopic (exact) mass is 294 g/mol. The van der Waals surface area contributed by atoms with E-state index in [-0.39, 0.29) is 6.04 Å². The van der Waals surface area contributed by atoms with E-state index in [1.54, 1.807) is 6.07 Å². The Labute approximate surface area is 127 Å². The average molecular weight is 294 g/mol. The van der Waals surface area contributed by atoms with E-state index in [4.69, 9.17) is 9.84 Å². The third-order valence-electron chi connectivity index (χ3n) is 3.71. The first kappa shape index (κ1) is 14.0. The zero-order chi connectivity index (χ0) is 15.5. The molecule has 1 amide bonds. The molecular weight excluding hydrogens is 280 g/mol. The summed E-state index contributed by atoms with van der Waals surface area (Å²) in [5.74, 6) is 0.662. The Morgan fingerprint density at radius 1 is 1.32 bits per heavy atom. The first-order valence-corrected chi connectivity index (χ1v) is 6.95.